The number of nitrogens with one attached hydrogen (secondary N) is 1. The number of pyridine rings is 1. The van der Waals surface area contributed by atoms with Crippen LogP contribution in [0.1, 0.15) is 40.4 Å². The minimum Gasteiger partial charge on any atom is -0.384 e. The van der Waals surface area contributed by atoms with Crippen molar-refractivity contribution in [1.82, 2.24) is 24.8 Å². The Kier molecular flexibility index (Phi) is 5.32. The van der Waals surface area contributed by atoms with E-state index in [9.17, 15) is 4.79 Å². The number of carbonyl (C=O) groups excluding carboxylic acids is 1. The van der Waals surface area contributed by atoms with E-state index in [-0.39, 0.29) is 11.8 Å². The number of hydrogen-bond acceptors (Lipinski definition) is 5. The van der Waals surface area contributed by atoms with Crippen LogP contribution >= 0.6 is 0 Å². The SMILES string of the molecule is Cc1ccc2c(CC(=O)N3CCC(c4ncncc4-c4ccnc(N)c4)C3)c(C)[nH]c2c1C. The smallest absolute Gasteiger partial charge is 0.227 e. The molecule has 1 aromatic carbocycles. The summed E-state index contributed by atoms with van der Waals surface area (Å²) in [5.74, 6) is 0.781. The summed E-state index contributed by atoms with van der Waals surface area (Å²) in [7, 11) is 0. The molecule has 0 saturated carbocycles. The van der Waals surface area contributed by atoms with E-state index < -0.39 is 0 Å². The Labute approximate surface area is 193 Å². The van der Waals surface area contributed by atoms with Crippen molar-refractivity contribution in [1.29, 1.82) is 0 Å². The zero-order valence-corrected chi connectivity index (χ0v) is 19.2. The van der Waals surface area contributed by atoms with Gasteiger partial charge in [-0.1, -0.05) is 12.1 Å². The van der Waals surface area contributed by atoms with Crippen molar-refractivity contribution in [3.8, 4) is 11.1 Å². The normalized spacial score (nSPS) is 16.0. The second-order valence-corrected chi connectivity index (χ2v) is 8.95. The highest BCUT2D eigenvalue weighted by Crippen LogP contribution is 2.34. The van der Waals surface area contributed by atoms with Crippen molar-refractivity contribution in [2.75, 3.05) is 18.8 Å². The zero-order valence-electron chi connectivity index (χ0n) is 19.2. The van der Waals surface area contributed by atoms with E-state index in [1.807, 2.05) is 23.2 Å². The third-order valence-corrected chi connectivity index (χ3v) is 6.92. The maximum atomic E-state index is 13.3. The molecule has 3 N–H and O–H groups in total. The van der Waals surface area contributed by atoms with Gasteiger partial charge in [-0.15, -0.1) is 0 Å². The molecule has 5 rings (SSSR count). The van der Waals surface area contributed by atoms with Crippen molar-refractivity contribution in [2.24, 2.45) is 0 Å². The third kappa shape index (κ3) is 3.84. The molecule has 33 heavy (non-hydrogen) atoms. The van der Waals surface area contributed by atoms with Gasteiger partial charge in [-0.2, -0.15) is 0 Å². The summed E-state index contributed by atoms with van der Waals surface area (Å²) in [4.78, 5) is 31.7. The molecule has 7 nitrogen and oxygen atoms in total. The summed E-state index contributed by atoms with van der Waals surface area (Å²) in [6.45, 7) is 7.67. The Morgan fingerprint density at radius 3 is 2.88 bits per heavy atom. The molecular weight excluding hydrogens is 412 g/mol. The van der Waals surface area contributed by atoms with Crippen molar-refractivity contribution >= 4 is 22.6 Å². The van der Waals surface area contributed by atoms with Crippen molar-refractivity contribution in [3.05, 3.63) is 71.1 Å². The first kappa shape index (κ1) is 21.1. The molecule has 168 valence electrons. The van der Waals surface area contributed by atoms with Crippen LogP contribution in [-0.2, 0) is 11.2 Å². The van der Waals surface area contributed by atoms with Crippen LogP contribution in [0.5, 0.6) is 0 Å². The van der Waals surface area contributed by atoms with Crippen LogP contribution in [0.3, 0.4) is 0 Å². The fourth-order valence-corrected chi connectivity index (χ4v) is 4.90. The first-order valence-corrected chi connectivity index (χ1v) is 11.3. The van der Waals surface area contributed by atoms with E-state index in [0.717, 1.165) is 51.9 Å². The molecule has 4 heterocycles. The summed E-state index contributed by atoms with van der Waals surface area (Å²) in [5.41, 5.74) is 14.5. The summed E-state index contributed by atoms with van der Waals surface area (Å²) in [6, 6.07) is 8.01. The average molecular weight is 441 g/mol. The predicted octanol–water partition coefficient (Wildman–Crippen LogP) is 4.09. The van der Waals surface area contributed by atoms with Crippen molar-refractivity contribution < 1.29 is 4.79 Å². The summed E-state index contributed by atoms with van der Waals surface area (Å²) in [6.07, 6.45) is 6.37. The van der Waals surface area contributed by atoms with Crippen LogP contribution < -0.4 is 5.73 Å². The molecule has 1 unspecified atom stereocenters. The number of fused-ring (bicyclic) bond motifs is 1. The Bertz CT molecular complexity index is 1360. The lowest BCUT2D eigenvalue weighted by atomic mass is 9.96. The van der Waals surface area contributed by atoms with Crippen LogP contribution in [0, 0.1) is 20.8 Å². The molecule has 1 saturated heterocycles. The van der Waals surface area contributed by atoms with Crippen LogP contribution in [0.15, 0.2) is 43.0 Å². The van der Waals surface area contributed by atoms with Crippen molar-refractivity contribution in [3.63, 3.8) is 0 Å². The number of anilines is 1. The van der Waals surface area contributed by atoms with Crippen LogP contribution in [-0.4, -0.2) is 43.8 Å². The molecule has 0 bridgehead atoms. The lowest BCUT2D eigenvalue weighted by molar-refractivity contribution is -0.129. The van der Waals surface area contributed by atoms with E-state index in [1.165, 1.54) is 11.1 Å². The van der Waals surface area contributed by atoms with Crippen LogP contribution in [0.4, 0.5) is 5.82 Å². The number of nitrogens with two attached hydrogens (primary N) is 1. The molecule has 3 aromatic heterocycles. The summed E-state index contributed by atoms with van der Waals surface area (Å²) in [5, 5.41) is 1.15. The Morgan fingerprint density at radius 2 is 2.06 bits per heavy atom. The minimum absolute atomic E-state index is 0.156. The first-order valence-electron chi connectivity index (χ1n) is 11.3. The van der Waals surface area contributed by atoms with Gasteiger partial charge in [-0.25, -0.2) is 15.0 Å². The second-order valence-electron chi connectivity index (χ2n) is 8.95. The molecule has 0 radical (unpaired) electrons. The Balaban J connectivity index is 1.37. The summed E-state index contributed by atoms with van der Waals surface area (Å²) < 4.78 is 0. The van der Waals surface area contributed by atoms with Gasteiger partial charge in [0.2, 0.25) is 5.91 Å². The molecule has 1 atom stereocenters. The number of rotatable bonds is 4. The summed E-state index contributed by atoms with van der Waals surface area (Å²) >= 11 is 0. The predicted molar refractivity (Wildman–Crippen MR) is 130 cm³/mol. The molecule has 4 aromatic rings. The second kappa shape index (κ2) is 8.31. The molecule has 1 aliphatic rings. The number of aryl methyl sites for hydroxylation is 3. The molecule has 1 fully saturated rings. The maximum Gasteiger partial charge on any atom is 0.227 e. The molecular formula is C26H28N6O. The Hall–Kier alpha value is -3.74. The molecule has 0 aliphatic carbocycles. The van der Waals surface area contributed by atoms with Gasteiger partial charge in [0.05, 0.1) is 12.1 Å². The van der Waals surface area contributed by atoms with E-state index in [1.54, 1.807) is 12.5 Å². The number of aromatic amines is 1. The monoisotopic (exact) mass is 440 g/mol. The number of H-pyrrole nitrogens is 1. The Morgan fingerprint density at radius 1 is 1.21 bits per heavy atom. The molecule has 1 amide bonds. The number of nitrogens with zero attached hydrogens (tertiary/aromatic N) is 4. The average Bonchev–Trinajstić information content (AvgIpc) is 3.42. The fourth-order valence-electron chi connectivity index (χ4n) is 4.90. The van der Waals surface area contributed by atoms with Gasteiger partial charge >= 0.3 is 0 Å². The van der Waals surface area contributed by atoms with E-state index in [0.29, 0.717) is 18.8 Å². The quantitative estimate of drug-likeness (QED) is 0.498. The van der Waals surface area contributed by atoms with Gasteiger partial charge in [0.1, 0.15) is 12.1 Å². The topological polar surface area (TPSA) is 101 Å². The minimum atomic E-state index is 0.156. The lowest BCUT2D eigenvalue weighted by Crippen LogP contribution is -2.30. The number of nitrogen functional groups attached to an aromatic ring is 1. The standard InChI is InChI=1S/C26H28N6O/c1-15-4-5-20-21(17(3)31-25(20)16(15)2)11-24(33)32-9-7-19(13-32)26-22(12-28-14-30-26)18-6-8-29-23(27)10-18/h4-6,8,10,12,14,19,31H,7,9,11,13H2,1-3H3,(H2,27,29). The zero-order chi connectivity index (χ0) is 23.1. The van der Waals surface area contributed by atoms with Gasteiger partial charge in [0.25, 0.3) is 0 Å². The number of carbonyl (C=O) groups is 1. The van der Waals surface area contributed by atoms with E-state index >= 15 is 0 Å². The third-order valence-electron chi connectivity index (χ3n) is 6.92. The highest BCUT2D eigenvalue weighted by atomic mass is 16.2. The number of hydrogen-bond donors (Lipinski definition) is 2. The van der Waals surface area contributed by atoms with Crippen molar-refractivity contribution in [2.45, 2.75) is 39.5 Å². The molecule has 7 heteroatoms. The largest absolute Gasteiger partial charge is 0.384 e. The van der Waals surface area contributed by atoms with Gasteiger partial charge < -0.3 is 15.6 Å². The molecule has 1 aliphatic heterocycles. The number of amides is 1. The van der Waals surface area contributed by atoms with E-state index in [2.05, 4.69) is 52.8 Å². The highest BCUT2D eigenvalue weighted by Gasteiger charge is 2.30. The van der Waals surface area contributed by atoms with Gasteiger partial charge in [-0.05, 0) is 61.6 Å². The van der Waals surface area contributed by atoms with Crippen LogP contribution in [0.25, 0.3) is 22.0 Å². The van der Waals surface area contributed by atoms with Crippen LogP contribution in [0.2, 0.25) is 0 Å². The van der Waals surface area contributed by atoms with Gasteiger partial charge in [0.15, 0.2) is 0 Å². The van der Waals surface area contributed by atoms with Gasteiger partial charge in [0, 0.05) is 53.6 Å². The first-order chi connectivity index (χ1) is 15.9. The number of benzene rings is 1. The number of likely N-dealkylation sites (tertiary alicyclic amines) is 1. The van der Waals surface area contributed by atoms with E-state index in [4.69, 9.17) is 5.73 Å². The molecule has 0 spiro atoms. The lowest BCUT2D eigenvalue weighted by Gasteiger charge is -2.18. The maximum absolute atomic E-state index is 13.3. The highest BCUT2D eigenvalue weighted by molar-refractivity contribution is 5.92. The fraction of sp³-hybridized carbons (Fsp3) is 0.308. The van der Waals surface area contributed by atoms with Gasteiger partial charge in [-0.3, -0.25) is 4.79 Å². The number of aromatic nitrogens is 4.